The van der Waals surface area contributed by atoms with Gasteiger partial charge in [-0.2, -0.15) is 5.10 Å². The largest absolute Gasteiger partial charge is 0.504 e. The molecule has 0 bridgehead atoms. The lowest BCUT2D eigenvalue weighted by Gasteiger charge is -2.33. The van der Waals surface area contributed by atoms with Crippen LogP contribution in [0, 0.1) is 0 Å². The van der Waals surface area contributed by atoms with Gasteiger partial charge in [-0.15, -0.1) is 0 Å². The summed E-state index contributed by atoms with van der Waals surface area (Å²) in [6.07, 6.45) is 1.72. The second-order valence-electron chi connectivity index (χ2n) is 6.86. The number of phenols is 2. The van der Waals surface area contributed by atoms with Crippen LogP contribution in [0.3, 0.4) is 0 Å². The number of piperazine rings is 1. The first-order valence-electron chi connectivity index (χ1n) is 9.19. The number of fused-ring (bicyclic) bond motifs is 1. The molecule has 1 saturated heterocycles. The summed E-state index contributed by atoms with van der Waals surface area (Å²) in [7, 11) is 0. The topological polar surface area (TPSA) is 59.3 Å². The van der Waals surface area contributed by atoms with Gasteiger partial charge in [-0.25, -0.2) is 0 Å². The first kappa shape index (κ1) is 17.4. The molecule has 0 unspecified atom stereocenters. The van der Waals surface area contributed by atoms with Crippen molar-refractivity contribution in [1.82, 2.24) is 9.91 Å². The SMILES string of the molecule is Oc1ccc(/C=N\N2CCN(Cc3cccc4ccccc34)CC2)cc1O. The van der Waals surface area contributed by atoms with Crippen LogP contribution in [0.2, 0.25) is 0 Å². The van der Waals surface area contributed by atoms with Crippen LogP contribution in [-0.4, -0.2) is 52.5 Å². The fraction of sp³-hybridized carbons (Fsp3) is 0.227. The van der Waals surface area contributed by atoms with Crippen molar-refractivity contribution >= 4 is 17.0 Å². The first-order valence-corrected chi connectivity index (χ1v) is 9.19. The predicted molar refractivity (Wildman–Crippen MR) is 108 cm³/mol. The molecule has 0 aromatic heterocycles. The summed E-state index contributed by atoms with van der Waals surface area (Å²) in [5.41, 5.74) is 2.13. The third-order valence-corrected chi connectivity index (χ3v) is 4.99. The van der Waals surface area contributed by atoms with Crippen LogP contribution in [-0.2, 0) is 6.54 Å². The molecule has 5 nitrogen and oxygen atoms in total. The van der Waals surface area contributed by atoms with Crippen molar-refractivity contribution in [3.05, 3.63) is 71.8 Å². The Labute approximate surface area is 158 Å². The first-order chi connectivity index (χ1) is 13.2. The van der Waals surface area contributed by atoms with Crippen molar-refractivity contribution in [1.29, 1.82) is 0 Å². The summed E-state index contributed by atoms with van der Waals surface area (Å²) < 4.78 is 0. The van der Waals surface area contributed by atoms with E-state index in [4.69, 9.17) is 0 Å². The molecule has 0 radical (unpaired) electrons. The van der Waals surface area contributed by atoms with Gasteiger partial charge in [0.1, 0.15) is 0 Å². The van der Waals surface area contributed by atoms with E-state index in [0.717, 1.165) is 38.3 Å². The van der Waals surface area contributed by atoms with Crippen molar-refractivity contribution in [2.75, 3.05) is 26.2 Å². The number of nitrogens with zero attached hydrogens (tertiary/aromatic N) is 3. The summed E-state index contributed by atoms with van der Waals surface area (Å²) in [5.74, 6) is -0.243. The van der Waals surface area contributed by atoms with Gasteiger partial charge in [-0.1, -0.05) is 42.5 Å². The van der Waals surface area contributed by atoms with Gasteiger partial charge >= 0.3 is 0 Å². The summed E-state index contributed by atoms with van der Waals surface area (Å²) in [6.45, 7) is 4.60. The van der Waals surface area contributed by atoms with Crippen molar-refractivity contribution in [3.63, 3.8) is 0 Å². The van der Waals surface area contributed by atoms with E-state index >= 15 is 0 Å². The summed E-state index contributed by atoms with van der Waals surface area (Å²) in [6, 6.07) is 19.7. The molecule has 0 spiro atoms. The number of hydrogen-bond acceptors (Lipinski definition) is 5. The number of rotatable bonds is 4. The van der Waals surface area contributed by atoms with E-state index in [1.54, 1.807) is 12.3 Å². The quantitative estimate of drug-likeness (QED) is 0.552. The maximum absolute atomic E-state index is 9.56. The summed E-state index contributed by atoms with van der Waals surface area (Å²) >= 11 is 0. The standard InChI is InChI=1S/C22H23N3O2/c26-21-9-8-17(14-22(21)27)15-23-25-12-10-24(11-13-25)16-19-6-3-5-18-4-1-2-7-20(18)19/h1-9,14-15,26-27H,10-13,16H2/b23-15-. The van der Waals surface area contributed by atoms with Crippen LogP contribution in [0.1, 0.15) is 11.1 Å². The molecule has 138 valence electrons. The number of hydrazone groups is 1. The van der Waals surface area contributed by atoms with Gasteiger partial charge in [-0.3, -0.25) is 9.91 Å². The molecule has 5 heteroatoms. The molecular formula is C22H23N3O2. The molecule has 1 aliphatic heterocycles. The summed E-state index contributed by atoms with van der Waals surface area (Å²) in [5, 5.41) is 28.1. The van der Waals surface area contributed by atoms with Gasteiger partial charge in [0, 0.05) is 32.7 Å². The second kappa shape index (κ2) is 7.68. The lowest BCUT2D eigenvalue weighted by Crippen LogP contribution is -2.43. The molecule has 1 fully saturated rings. The van der Waals surface area contributed by atoms with E-state index in [9.17, 15) is 10.2 Å². The minimum Gasteiger partial charge on any atom is -0.504 e. The zero-order valence-corrected chi connectivity index (χ0v) is 15.1. The van der Waals surface area contributed by atoms with Crippen LogP contribution in [0.15, 0.2) is 65.8 Å². The highest BCUT2D eigenvalue weighted by molar-refractivity contribution is 5.85. The Morgan fingerprint density at radius 3 is 2.44 bits per heavy atom. The Morgan fingerprint density at radius 1 is 0.852 bits per heavy atom. The summed E-state index contributed by atoms with van der Waals surface area (Å²) in [4.78, 5) is 2.46. The Bertz CT molecular complexity index is 957. The average molecular weight is 361 g/mol. The van der Waals surface area contributed by atoms with E-state index in [1.807, 2.05) is 5.01 Å². The zero-order valence-electron chi connectivity index (χ0n) is 15.1. The highest BCUT2D eigenvalue weighted by Crippen LogP contribution is 2.24. The van der Waals surface area contributed by atoms with E-state index < -0.39 is 0 Å². The predicted octanol–water partition coefficient (Wildman–Crippen LogP) is 3.40. The minimum absolute atomic E-state index is 0.116. The van der Waals surface area contributed by atoms with E-state index in [2.05, 4.69) is 52.5 Å². The van der Waals surface area contributed by atoms with Crippen molar-refractivity contribution in [2.45, 2.75) is 6.54 Å². The fourth-order valence-corrected chi connectivity index (χ4v) is 3.45. The third kappa shape index (κ3) is 4.04. The molecule has 1 aliphatic rings. The number of phenolic OH excluding ortho intramolecular Hbond substituents is 2. The highest BCUT2D eigenvalue weighted by Gasteiger charge is 2.16. The molecule has 0 saturated carbocycles. The van der Waals surface area contributed by atoms with Gasteiger partial charge in [0.2, 0.25) is 0 Å². The third-order valence-electron chi connectivity index (χ3n) is 4.99. The van der Waals surface area contributed by atoms with Crippen LogP contribution in [0.25, 0.3) is 10.8 Å². The highest BCUT2D eigenvalue weighted by atomic mass is 16.3. The molecule has 3 aromatic rings. The van der Waals surface area contributed by atoms with Gasteiger partial charge in [0.25, 0.3) is 0 Å². The molecule has 0 amide bonds. The lowest BCUT2D eigenvalue weighted by molar-refractivity contribution is 0.131. The molecule has 1 heterocycles. The van der Waals surface area contributed by atoms with Crippen molar-refractivity contribution in [3.8, 4) is 11.5 Å². The van der Waals surface area contributed by atoms with Crippen molar-refractivity contribution < 1.29 is 10.2 Å². The number of benzene rings is 3. The van der Waals surface area contributed by atoms with Gasteiger partial charge in [0.15, 0.2) is 11.5 Å². The lowest BCUT2D eigenvalue weighted by atomic mass is 10.0. The Hall–Kier alpha value is -3.05. The number of aromatic hydroxyl groups is 2. The minimum atomic E-state index is -0.126. The van der Waals surface area contributed by atoms with Gasteiger partial charge < -0.3 is 10.2 Å². The average Bonchev–Trinajstić information content (AvgIpc) is 2.70. The smallest absolute Gasteiger partial charge is 0.158 e. The molecule has 0 atom stereocenters. The Balaban J connectivity index is 1.36. The van der Waals surface area contributed by atoms with E-state index in [1.165, 1.54) is 28.5 Å². The second-order valence-corrected chi connectivity index (χ2v) is 6.86. The Kier molecular flexibility index (Phi) is 4.94. The van der Waals surface area contributed by atoms with Crippen LogP contribution in [0.4, 0.5) is 0 Å². The fourth-order valence-electron chi connectivity index (χ4n) is 3.45. The van der Waals surface area contributed by atoms with Crippen molar-refractivity contribution in [2.24, 2.45) is 5.10 Å². The van der Waals surface area contributed by atoms with E-state index in [0.29, 0.717) is 0 Å². The molecule has 3 aromatic carbocycles. The monoisotopic (exact) mass is 361 g/mol. The van der Waals surface area contributed by atoms with E-state index in [-0.39, 0.29) is 11.5 Å². The van der Waals surface area contributed by atoms with Crippen LogP contribution < -0.4 is 0 Å². The molecule has 2 N–H and O–H groups in total. The molecule has 0 aliphatic carbocycles. The normalized spacial score (nSPS) is 15.6. The van der Waals surface area contributed by atoms with Crippen LogP contribution in [0.5, 0.6) is 11.5 Å². The van der Waals surface area contributed by atoms with Gasteiger partial charge in [-0.05, 0) is 40.1 Å². The molecule has 4 rings (SSSR count). The zero-order chi connectivity index (χ0) is 18.6. The molecule has 27 heavy (non-hydrogen) atoms. The maximum Gasteiger partial charge on any atom is 0.158 e. The van der Waals surface area contributed by atoms with Crippen LogP contribution >= 0.6 is 0 Å². The molecular weight excluding hydrogens is 338 g/mol. The maximum atomic E-state index is 9.56. The Morgan fingerprint density at radius 2 is 1.63 bits per heavy atom. The number of hydrogen-bond donors (Lipinski definition) is 2. The van der Waals surface area contributed by atoms with Gasteiger partial charge in [0.05, 0.1) is 6.21 Å².